The third-order valence-corrected chi connectivity index (χ3v) is 4.64. The highest BCUT2D eigenvalue weighted by atomic mass is 32.1. The molecule has 0 aliphatic carbocycles. The molecule has 0 aliphatic rings. The van der Waals surface area contributed by atoms with Gasteiger partial charge in [0.25, 0.3) is 0 Å². The summed E-state index contributed by atoms with van der Waals surface area (Å²) in [7, 11) is 3.40. The Kier molecular flexibility index (Phi) is 5.14. The highest BCUT2D eigenvalue weighted by Crippen LogP contribution is 2.40. The highest BCUT2D eigenvalue weighted by molar-refractivity contribution is 7.16. The Bertz CT molecular complexity index is 615. The van der Waals surface area contributed by atoms with Crippen molar-refractivity contribution in [3.8, 4) is 17.0 Å². The number of rotatable bonds is 6. The van der Waals surface area contributed by atoms with Crippen molar-refractivity contribution in [1.29, 1.82) is 0 Å². The maximum Gasteiger partial charge on any atom is 0.183 e. The van der Waals surface area contributed by atoms with Crippen molar-refractivity contribution in [2.45, 2.75) is 19.3 Å². The van der Waals surface area contributed by atoms with E-state index in [4.69, 9.17) is 10.5 Å². The normalized spacial score (nSPS) is 12.2. The fourth-order valence-electron chi connectivity index (χ4n) is 2.21. The molecule has 0 fully saturated rings. The van der Waals surface area contributed by atoms with E-state index in [2.05, 4.69) is 17.2 Å². The van der Waals surface area contributed by atoms with Crippen molar-refractivity contribution >= 4 is 16.5 Å². The molecular weight excluding hydrogens is 289 g/mol. The van der Waals surface area contributed by atoms with E-state index in [9.17, 15) is 4.39 Å². The highest BCUT2D eigenvalue weighted by Gasteiger charge is 2.20. The van der Waals surface area contributed by atoms with Gasteiger partial charge < -0.3 is 15.8 Å². The summed E-state index contributed by atoms with van der Waals surface area (Å²) >= 11 is 1.57. The molecule has 0 saturated carbocycles. The van der Waals surface area contributed by atoms with Gasteiger partial charge in [0.2, 0.25) is 0 Å². The van der Waals surface area contributed by atoms with E-state index in [0.29, 0.717) is 17.9 Å². The molecule has 6 heteroatoms. The molecule has 4 nitrogen and oxygen atoms in total. The second kappa shape index (κ2) is 6.87. The Morgan fingerprint density at radius 1 is 1.48 bits per heavy atom. The van der Waals surface area contributed by atoms with Gasteiger partial charge in [0.1, 0.15) is 11.6 Å². The van der Waals surface area contributed by atoms with Gasteiger partial charge in [-0.15, -0.1) is 11.3 Å². The van der Waals surface area contributed by atoms with Crippen LogP contribution in [-0.2, 0) is 0 Å². The molecule has 2 aromatic rings. The van der Waals surface area contributed by atoms with Gasteiger partial charge in [0.05, 0.1) is 12.8 Å². The first-order valence-electron chi connectivity index (χ1n) is 6.83. The Labute approximate surface area is 128 Å². The third-order valence-electron chi connectivity index (χ3n) is 3.33. The van der Waals surface area contributed by atoms with E-state index in [1.807, 2.05) is 7.05 Å². The summed E-state index contributed by atoms with van der Waals surface area (Å²) in [4.78, 5) is 5.66. The van der Waals surface area contributed by atoms with Crippen LogP contribution in [0.1, 0.15) is 24.1 Å². The first-order chi connectivity index (χ1) is 10.1. The lowest BCUT2D eigenvalue weighted by Gasteiger charge is -2.12. The molecule has 0 amide bonds. The SMILES string of the molecule is CNc1nc(-c2cc(F)ccc2OC)c(C(C)CCN)s1. The second-order valence-corrected chi connectivity index (χ2v) is 5.84. The number of thiazole rings is 1. The summed E-state index contributed by atoms with van der Waals surface area (Å²) in [5.74, 6) is 0.574. The van der Waals surface area contributed by atoms with E-state index in [1.54, 1.807) is 24.5 Å². The maximum absolute atomic E-state index is 13.6. The smallest absolute Gasteiger partial charge is 0.183 e. The molecule has 1 unspecified atom stereocenters. The van der Waals surface area contributed by atoms with Gasteiger partial charge in [0.15, 0.2) is 5.13 Å². The van der Waals surface area contributed by atoms with Gasteiger partial charge in [-0.05, 0) is 37.1 Å². The van der Waals surface area contributed by atoms with Crippen LogP contribution in [0.4, 0.5) is 9.52 Å². The molecule has 0 aliphatic heterocycles. The van der Waals surface area contributed by atoms with Crippen LogP contribution in [0.15, 0.2) is 18.2 Å². The Balaban J connectivity index is 2.57. The minimum absolute atomic E-state index is 0.262. The van der Waals surface area contributed by atoms with Crippen LogP contribution in [0.2, 0.25) is 0 Å². The Morgan fingerprint density at radius 3 is 2.86 bits per heavy atom. The molecule has 1 aromatic heterocycles. The fourth-order valence-corrected chi connectivity index (χ4v) is 3.23. The molecule has 3 N–H and O–H groups in total. The average molecular weight is 309 g/mol. The summed E-state index contributed by atoms with van der Waals surface area (Å²) in [6.07, 6.45) is 0.857. The van der Waals surface area contributed by atoms with E-state index in [-0.39, 0.29) is 11.7 Å². The second-order valence-electron chi connectivity index (χ2n) is 4.80. The lowest BCUT2D eigenvalue weighted by molar-refractivity contribution is 0.415. The van der Waals surface area contributed by atoms with Gasteiger partial charge in [0, 0.05) is 17.5 Å². The van der Waals surface area contributed by atoms with Crippen LogP contribution in [-0.4, -0.2) is 25.7 Å². The molecule has 0 bridgehead atoms. The number of benzene rings is 1. The number of nitrogens with one attached hydrogen (secondary N) is 1. The predicted molar refractivity (Wildman–Crippen MR) is 85.7 cm³/mol. The first kappa shape index (κ1) is 15.7. The zero-order chi connectivity index (χ0) is 15.4. The fraction of sp³-hybridized carbons (Fsp3) is 0.400. The first-order valence-corrected chi connectivity index (χ1v) is 7.64. The predicted octanol–water partition coefficient (Wildman–Crippen LogP) is 3.45. The molecule has 2 rings (SSSR count). The van der Waals surface area contributed by atoms with Gasteiger partial charge in [-0.1, -0.05) is 6.92 Å². The van der Waals surface area contributed by atoms with Crippen molar-refractivity contribution < 1.29 is 9.13 Å². The number of halogens is 1. The van der Waals surface area contributed by atoms with E-state index >= 15 is 0 Å². The van der Waals surface area contributed by atoms with E-state index in [0.717, 1.165) is 22.1 Å². The number of methoxy groups -OCH3 is 1. The number of hydrogen-bond acceptors (Lipinski definition) is 5. The summed E-state index contributed by atoms with van der Waals surface area (Å²) in [6.45, 7) is 2.71. The minimum Gasteiger partial charge on any atom is -0.496 e. The van der Waals surface area contributed by atoms with Crippen LogP contribution < -0.4 is 15.8 Å². The molecule has 1 heterocycles. The largest absolute Gasteiger partial charge is 0.496 e. The van der Waals surface area contributed by atoms with Gasteiger partial charge in [-0.2, -0.15) is 0 Å². The molecule has 1 atom stereocenters. The molecular formula is C15H20FN3OS. The van der Waals surface area contributed by atoms with Crippen LogP contribution in [0.25, 0.3) is 11.3 Å². The quantitative estimate of drug-likeness (QED) is 0.858. The number of ether oxygens (including phenoxy) is 1. The van der Waals surface area contributed by atoms with Crippen LogP contribution in [0, 0.1) is 5.82 Å². The molecule has 0 radical (unpaired) electrons. The monoisotopic (exact) mass is 309 g/mol. The molecule has 0 spiro atoms. The molecule has 0 saturated heterocycles. The lowest BCUT2D eigenvalue weighted by atomic mass is 10.0. The van der Waals surface area contributed by atoms with Crippen molar-refractivity contribution in [2.24, 2.45) is 5.73 Å². The summed E-state index contributed by atoms with van der Waals surface area (Å²) < 4.78 is 19.0. The third kappa shape index (κ3) is 3.33. The Hall–Kier alpha value is -1.66. The average Bonchev–Trinajstić information content (AvgIpc) is 2.91. The maximum atomic E-state index is 13.6. The van der Waals surface area contributed by atoms with Crippen LogP contribution >= 0.6 is 11.3 Å². The van der Waals surface area contributed by atoms with Crippen molar-refractivity contribution in [1.82, 2.24) is 4.98 Å². The van der Waals surface area contributed by atoms with E-state index < -0.39 is 0 Å². The van der Waals surface area contributed by atoms with Gasteiger partial charge >= 0.3 is 0 Å². The topological polar surface area (TPSA) is 60.2 Å². The van der Waals surface area contributed by atoms with Gasteiger partial charge in [-0.25, -0.2) is 9.37 Å². The summed E-state index contributed by atoms with van der Waals surface area (Å²) in [5.41, 5.74) is 7.10. The van der Waals surface area contributed by atoms with Crippen LogP contribution in [0.3, 0.4) is 0 Å². The van der Waals surface area contributed by atoms with Crippen molar-refractivity contribution in [2.75, 3.05) is 26.0 Å². The standard InChI is InChI=1S/C15H20FN3OS/c1-9(6-7-17)14-13(19-15(18-2)21-14)11-8-10(16)4-5-12(11)20-3/h4-5,8-9H,6-7,17H2,1-3H3,(H,18,19). The number of hydrogen-bond donors (Lipinski definition) is 2. The van der Waals surface area contributed by atoms with Crippen molar-refractivity contribution in [3.05, 3.63) is 28.9 Å². The number of nitrogens with two attached hydrogens (primary N) is 1. The minimum atomic E-state index is -0.303. The zero-order valence-corrected chi connectivity index (χ0v) is 13.3. The Morgan fingerprint density at radius 2 is 2.24 bits per heavy atom. The lowest BCUT2D eigenvalue weighted by Crippen LogP contribution is -2.04. The van der Waals surface area contributed by atoms with Gasteiger partial charge in [-0.3, -0.25) is 0 Å². The van der Waals surface area contributed by atoms with E-state index in [1.165, 1.54) is 12.1 Å². The zero-order valence-electron chi connectivity index (χ0n) is 12.4. The number of aromatic nitrogens is 1. The number of nitrogens with zero attached hydrogens (tertiary/aromatic N) is 1. The summed E-state index contributed by atoms with van der Waals surface area (Å²) in [5, 5.41) is 3.85. The van der Waals surface area contributed by atoms with Crippen molar-refractivity contribution in [3.63, 3.8) is 0 Å². The molecule has 114 valence electrons. The molecule has 1 aromatic carbocycles. The molecule has 21 heavy (non-hydrogen) atoms. The summed E-state index contributed by atoms with van der Waals surface area (Å²) in [6, 6.07) is 4.48. The van der Waals surface area contributed by atoms with Crippen LogP contribution in [0.5, 0.6) is 5.75 Å². The number of anilines is 1.